The second-order valence-electron chi connectivity index (χ2n) is 8.24. The van der Waals surface area contributed by atoms with Crippen molar-refractivity contribution in [1.82, 2.24) is 9.66 Å². The predicted molar refractivity (Wildman–Crippen MR) is 140 cm³/mol. The first-order valence-electron chi connectivity index (χ1n) is 11.1. The molecule has 0 bridgehead atoms. The molecule has 0 radical (unpaired) electrons. The molecule has 0 aliphatic carbocycles. The van der Waals surface area contributed by atoms with Gasteiger partial charge in [0.15, 0.2) is 6.61 Å². The number of hydrogen-bond donors (Lipinski definition) is 2. The van der Waals surface area contributed by atoms with Crippen molar-refractivity contribution in [2.24, 2.45) is 10.1 Å². The monoisotopic (exact) mass is 479 g/mol. The number of ether oxygens (including phenoxy) is 1. The predicted octanol–water partition coefficient (Wildman–Crippen LogP) is 5.45. The third kappa shape index (κ3) is 4.15. The Morgan fingerprint density at radius 1 is 1.09 bits per heavy atom. The zero-order valence-corrected chi connectivity index (χ0v) is 19.7. The molecule has 0 saturated heterocycles. The number of carbonyl (C=O) groups is 1. The van der Waals surface area contributed by atoms with Crippen LogP contribution in [0.2, 0.25) is 0 Å². The van der Waals surface area contributed by atoms with E-state index in [-0.39, 0.29) is 12.5 Å². The summed E-state index contributed by atoms with van der Waals surface area (Å²) in [5.74, 6) is 0.488. The van der Waals surface area contributed by atoms with Crippen molar-refractivity contribution in [2.75, 3.05) is 11.9 Å². The Balaban J connectivity index is 1.48. The summed E-state index contributed by atoms with van der Waals surface area (Å²) >= 11 is 1.50. The van der Waals surface area contributed by atoms with Crippen LogP contribution in [0.3, 0.4) is 0 Å². The molecule has 3 heterocycles. The molecule has 1 aliphatic rings. The van der Waals surface area contributed by atoms with Gasteiger partial charge < -0.3 is 15.0 Å². The highest BCUT2D eigenvalue weighted by Crippen LogP contribution is 2.33. The Bertz CT molecular complexity index is 1660. The number of anilines is 1. The van der Waals surface area contributed by atoms with E-state index in [1.165, 1.54) is 16.9 Å². The highest BCUT2D eigenvalue weighted by Gasteiger charge is 2.18. The Morgan fingerprint density at radius 2 is 1.94 bits per heavy atom. The minimum absolute atomic E-state index is 0.0271. The van der Waals surface area contributed by atoms with Crippen LogP contribution in [-0.2, 0) is 4.79 Å². The van der Waals surface area contributed by atoms with Crippen LogP contribution in [0, 0.1) is 6.92 Å². The number of amides is 1. The molecule has 1 aliphatic heterocycles. The molecule has 8 heteroatoms. The average Bonchev–Trinajstić information content (AvgIpc) is 3.47. The zero-order chi connectivity index (χ0) is 23.8. The summed E-state index contributed by atoms with van der Waals surface area (Å²) in [4.78, 5) is 20.7. The van der Waals surface area contributed by atoms with E-state index in [0.29, 0.717) is 11.4 Å². The molecule has 0 spiro atoms. The van der Waals surface area contributed by atoms with E-state index in [2.05, 4.69) is 23.3 Å². The molecule has 7 nitrogen and oxygen atoms in total. The molecule has 5 aromatic rings. The Hall–Kier alpha value is -4.43. The number of nitrogens with one attached hydrogen (secondary N) is 2. The number of benzene rings is 3. The molecular weight excluding hydrogens is 458 g/mol. The van der Waals surface area contributed by atoms with Gasteiger partial charge >= 0.3 is 0 Å². The Labute approximate surface area is 205 Å². The third-order valence-electron chi connectivity index (χ3n) is 5.79. The SMILES string of the molecule is Cc1ccc(N=c2scc(-c3ccc4c(c3)NC(=O)CO4)n2N=Cc2c[nH]c3ccccc23)cc1. The van der Waals surface area contributed by atoms with Crippen molar-refractivity contribution >= 4 is 45.7 Å². The van der Waals surface area contributed by atoms with E-state index in [9.17, 15) is 4.79 Å². The van der Waals surface area contributed by atoms with Gasteiger partial charge in [0.25, 0.3) is 5.91 Å². The first-order chi connectivity index (χ1) is 17.1. The van der Waals surface area contributed by atoms with Gasteiger partial charge in [0.1, 0.15) is 5.75 Å². The molecule has 2 N–H and O–H groups in total. The smallest absolute Gasteiger partial charge is 0.262 e. The first-order valence-corrected chi connectivity index (χ1v) is 12.0. The van der Waals surface area contributed by atoms with Gasteiger partial charge in [-0.25, -0.2) is 9.67 Å². The maximum atomic E-state index is 11.8. The lowest BCUT2D eigenvalue weighted by atomic mass is 10.1. The molecule has 0 unspecified atom stereocenters. The number of hydrogen-bond acceptors (Lipinski definition) is 5. The number of rotatable bonds is 4. The largest absolute Gasteiger partial charge is 0.482 e. The minimum Gasteiger partial charge on any atom is -0.482 e. The lowest BCUT2D eigenvalue weighted by Gasteiger charge is -2.18. The maximum absolute atomic E-state index is 11.8. The maximum Gasteiger partial charge on any atom is 0.262 e. The van der Waals surface area contributed by atoms with Crippen molar-refractivity contribution in [3.05, 3.63) is 94.2 Å². The van der Waals surface area contributed by atoms with Crippen molar-refractivity contribution in [2.45, 2.75) is 6.92 Å². The fraction of sp³-hybridized carbons (Fsp3) is 0.0741. The van der Waals surface area contributed by atoms with E-state index < -0.39 is 0 Å². The van der Waals surface area contributed by atoms with Gasteiger partial charge in [-0.3, -0.25) is 4.79 Å². The molecular formula is C27H21N5O2S. The van der Waals surface area contributed by atoms with Crippen LogP contribution in [0.4, 0.5) is 11.4 Å². The van der Waals surface area contributed by atoms with Gasteiger partial charge in [0, 0.05) is 33.6 Å². The number of aromatic amines is 1. The summed E-state index contributed by atoms with van der Waals surface area (Å²) < 4.78 is 7.35. The summed E-state index contributed by atoms with van der Waals surface area (Å²) in [7, 11) is 0. The molecule has 6 rings (SSSR count). The standard InChI is InChI=1S/C27H21N5O2S/c1-17-6-9-20(10-7-17)30-27-32(29-14-19-13-28-22-5-3-2-4-21(19)22)24(16-35-27)18-8-11-25-23(12-18)31-26(33)15-34-25/h2-14,16,28H,15H2,1H3,(H,31,33). The van der Waals surface area contributed by atoms with Gasteiger partial charge in [-0.2, -0.15) is 5.10 Å². The number of aromatic nitrogens is 2. The fourth-order valence-corrected chi connectivity index (χ4v) is 4.84. The van der Waals surface area contributed by atoms with E-state index in [4.69, 9.17) is 14.8 Å². The summed E-state index contributed by atoms with van der Waals surface area (Å²) in [5.41, 5.74) is 6.48. The molecule has 172 valence electrons. The molecule has 0 saturated carbocycles. The van der Waals surface area contributed by atoms with E-state index in [1.54, 1.807) is 0 Å². The molecule has 35 heavy (non-hydrogen) atoms. The van der Waals surface area contributed by atoms with E-state index >= 15 is 0 Å². The molecule has 0 fully saturated rings. The van der Waals surface area contributed by atoms with Gasteiger partial charge in [0.2, 0.25) is 4.80 Å². The number of nitrogens with zero attached hydrogens (tertiary/aromatic N) is 3. The fourth-order valence-electron chi connectivity index (χ4n) is 3.98. The normalized spacial score (nSPS) is 13.7. The number of carbonyl (C=O) groups excluding carboxylic acids is 1. The minimum atomic E-state index is -0.166. The summed E-state index contributed by atoms with van der Waals surface area (Å²) in [6.07, 6.45) is 3.79. The van der Waals surface area contributed by atoms with Crippen molar-refractivity contribution in [1.29, 1.82) is 0 Å². The first kappa shape index (κ1) is 21.1. The Kier molecular flexibility index (Phi) is 5.27. The van der Waals surface area contributed by atoms with Crippen LogP contribution >= 0.6 is 11.3 Å². The van der Waals surface area contributed by atoms with E-state index in [0.717, 1.165) is 38.2 Å². The van der Waals surface area contributed by atoms with Crippen LogP contribution in [-0.4, -0.2) is 28.4 Å². The van der Waals surface area contributed by atoms with Crippen molar-refractivity contribution < 1.29 is 9.53 Å². The number of H-pyrrole nitrogens is 1. The molecule has 1 amide bonds. The zero-order valence-electron chi connectivity index (χ0n) is 18.9. The second kappa shape index (κ2) is 8.73. The molecule has 0 atom stereocenters. The highest BCUT2D eigenvalue weighted by molar-refractivity contribution is 7.07. The topological polar surface area (TPSA) is 83.8 Å². The summed E-state index contributed by atoms with van der Waals surface area (Å²) in [6.45, 7) is 2.08. The highest BCUT2D eigenvalue weighted by atomic mass is 32.1. The van der Waals surface area contributed by atoms with Gasteiger partial charge in [-0.1, -0.05) is 35.9 Å². The third-order valence-corrected chi connectivity index (χ3v) is 6.60. The number of thiazole rings is 1. The van der Waals surface area contributed by atoms with E-state index in [1.807, 2.05) is 83.1 Å². The van der Waals surface area contributed by atoms with Crippen LogP contribution in [0.25, 0.3) is 22.2 Å². The lowest BCUT2D eigenvalue weighted by molar-refractivity contribution is -0.118. The quantitative estimate of drug-likeness (QED) is 0.336. The van der Waals surface area contributed by atoms with Crippen molar-refractivity contribution in [3.63, 3.8) is 0 Å². The summed E-state index contributed by atoms with van der Waals surface area (Å²) in [5, 5.41) is 10.8. The molecule has 3 aromatic carbocycles. The van der Waals surface area contributed by atoms with Gasteiger partial charge in [0.05, 0.1) is 23.3 Å². The Morgan fingerprint density at radius 3 is 2.83 bits per heavy atom. The second-order valence-corrected chi connectivity index (χ2v) is 9.08. The number of para-hydroxylation sites is 1. The molecule has 2 aromatic heterocycles. The van der Waals surface area contributed by atoms with Crippen LogP contribution in [0.15, 0.2) is 88.4 Å². The van der Waals surface area contributed by atoms with Crippen molar-refractivity contribution in [3.8, 4) is 17.0 Å². The van der Waals surface area contributed by atoms with Crippen LogP contribution < -0.4 is 14.9 Å². The lowest BCUT2D eigenvalue weighted by Crippen LogP contribution is -2.25. The van der Waals surface area contributed by atoms with Gasteiger partial charge in [-0.05, 0) is 43.3 Å². The van der Waals surface area contributed by atoms with Crippen LogP contribution in [0.1, 0.15) is 11.1 Å². The number of fused-ring (bicyclic) bond motifs is 2. The summed E-state index contributed by atoms with van der Waals surface area (Å²) in [6, 6.07) is 21.9. The number of aryl methyl sites for hydroxylation is 1. The average molecular weight is 480 g/mol. The van der Waals surface area contributed by atoms with Gasteiger partial charge in [-0.15, -0.1) is 11.3 Å². The van der Waals surface area contributed by atoms with Crippen LogP contribution in [0.5, 0.6) is 5.75 Å².